The van der Waals surface area contributed by atoms with Gasteiger partial charge in [0.2, 0.25) is 0 Å². The molecular formula is C23H22N2O3. The summed E-state index contributed by atoms with van der Waals surface area (Å²) in [4.78, 5) is 16.4. The third-order valence-electron chi connectivity index (χ3n) is 4.25. The van der Waals surface area contributed by atoms with Crippen LogP contribution in [0.25, 0.3) is 0 Å². The van der Waals surface area contributed by atoms with Gasteiger partial charge < -0.3 is 15.2 Å². The zero-order valence-electron chi connectivity index (χ0n) is 15.8. The van der Waals surface area contributed by atoms with Gasteiger partial charge in [0.1, 0.15) is 17.2 Å². The molecule has 0 saturated carbocycles. The minimum absolute atomic E-state index is 0.0903. The number of rotatable bonds is 6. The Hall–Kier alpha value is -3.60. The first-order valence-electron chi connectivity index (χ1n) is 8.93. The van der Waals surface area contributed by atoms with Crippen LogP contribution >= 0.6 is 0 Å². The standard InChI is InChI=1S/C23H22N2O3/c1-16-10-11-19(12-17(16)2)25-23(27)15-28-20-7-5-6-18(13-20)14-24-21-8-3-4-9-22(21)26/h3-14,26H,15H2,1-2H3,(H,25,27). The van der Waals surface area contributed by atoms with Crippen molar-refractivity contribution in [3.63, 3.8) is 0 Å². The first-order chi connectivity index (χ1) is 13.5. The lowest BCUT2D eigenvalue weighted by Gasteiger charge is -2.09. The highest BCUT2D eigenvalue weighted by Crippen LogP contribution is 2.25. The van der Waals surface area contributed by atoms with E-state index in [-0.39, 0.29) is 18.3 Å². The normalized spacial score (nSPS) is 10.8. The van der Waals surface area contributed by atoms with Gasteiger partial charge in [-0.25, -0.2) is 0 Å². The first-order valence-corrected chi connectivity index (χ1v) is 8.93. The van der Waals surface area contributed by atoms with Crippen LogP contribution in [0.2, 0.25) is 0 Å². The van der Waals surface area contributed by atoms with E-state index in [4.69, 9.17) is 4.74 Å². The molecule has 0 aliphatic rings. The molecule has 3 rings (SSSR count). The first kappa shape index (κ1) is 19.2. The molecule has 0 heterocycles. The highest BCUT2D eigenvalue weighted by Gasteiger charge is 2.05. The van der Waals surface area contributed by atoms with Gasteiger partial charge in [0, 0.05) is 11.9 Å². The van der Waals surface area contributed by atoms with Crippen LogP contribution in [-0.4, -0.2) is 23.8 Å². The SMILES string of the molecule is Cc1ccc(NC(=O)COc2cccc(C=Nc3ccccc3O)c2)cc1C. The van der Waals surface area contributed by atoms with E-state index in [9.17, 15) is 9.90 Å². The molecule has 2 N–H and O–H groups in total. The summed E-state index contributed by atoms with van der Waals surface area (Å²) < 4.78 is 5.59. The third-order valence-corrected chi connectivity index (χ3v) is 4.25. The number of benzene rings is 3. The van der Waals surface area contributed by atoms with Gasteiger partial charge in [-0.15, -0.1) is 0 Å². The van der Waals surface area contributed by atoms with Gasteiger partial charge in [-0.05, 0) is 66.9 Å². The molecule has 142 valence electrons. The molecule has 0 aromatic heterocycles. The van der Waals surface area contributed by atoms with E-state index in [1.807, 2.05) is 44.2 Å². The van der Waals surface area contributed by atoms with E-state index in [1.54, 1.807) is 42.6 Å². The van der Waals surface area contributed by atoms with Crippen LogP contribution < -0.4 is 10.1 Å². The van der Waals surface area contributed by atoms with Crippen LogP contribution in [0, 0.1) is 13.8 Å². The molecule has 5 nitrogen and oxygen atoms in total. The largest absolute Gasteiger partial charge is 0.506 e. The highest BCUT2D eigenvalue weighted by molar-refractivity contribution is 5.92. The Bertz CT molecular complexity index is 1010. The van der Waals surface area contributed by atoms with Crippen LogP contribution in [0.15, 0.2) is 71.7 Å². The number of phenolic OH excluding ortho intramolecular Hbond substituents is 1. The Morgan fingerprint density at radius 3 is 2.64 bits per heavy atom. The average molecular weight is 374 g/mol. The molecule has 0 radical (unpaired) electrons. The van der Waals surface area contributed by atoms with Crippen molar-refractivity contribution < 1.29 is 14.6 Å². The fourth-order valence-corrected chi connectivity index (χ4v) is 2.57. The number of carbonyl (C=O) groups is 1. The lowest BCUT2D eigenvalue weighted by molar-refractivity contribution is -0.118. The van der Waals surface area contributed by atoms with Crippen LogP contribution in [0.3, 0.4) is 0 Å². The average Bonchev–Trinajstić information content (AvgIpc) is 2.69. The molecule has 0 fully saturated rings. The maximum absolute atomic E-state index is 12.1. The third kappa shape index (κ3) is 5.20. The molecule has 0 aliphatic carbocycles. The van der Waals surface area contributed by atoms with Gasteiger partial charge in [-0.1, -0.05) is 30.3 Å². The number of phenols is 1. The number of aromatic hydroxyl groups is 1. The van der Waals surface area contributed by atoms with E-state index in [1.165, 1.54) is 5.56 Å². The molecular weight excluding hydrogens is 352 g/mol. The number of nitrogens with one attached hydrogen (secondary N) is 1. The summed E-state index contributed by atoms with van der Waals surface area (Å²) in [5.41, 5.74) is 4.34. The fourth-order valence-electron chi connectivity index (χ4n) is 2.57. The van der Waals surface area contributed by atoms with Crippen molar-refractivity contribution in [3.05, 3.63) is 83.4 Å². The Balaban J connectivity index is 1.59. The quantitative estimate of drug-likeness (QED) is 0.610. The number of hydrogen-bond donors (Lipinski definition) is 2. The number of para-hydroxylation sites is 2. The number of hydrogen-bond acceptors (Lipinski definition) is 4. The van der Waals surface area contributed by atoms with Crippen LogP contribution in [0.5, 0.6) is 11.5 Å². The lowest BCUT2D eigenvalue weighted by Crippen LogP contribution is -2.20. The maximum atomic E-state index is 12.1. The number of carbonyl (C=O) groups excluding carboxylic acids is 1. The van der Waals surface area contributed by atoms with Gasteiger partial charge in [0.05, 0.1) is 0 Å². The van der Waals surface area contributed by atoms with Crippen molar-refractivity contribution in [1.29, 1.82) is 0 Å². The minimum atomic E-state index is -0.225. The van der Waals surface area contributed by atoms with Gasteiger partial charge in [0.15, 0.2) is 6.61 Å². The summed E-state index contributed by atoms with van der Waals surface area (Å²) in [7, 11) is 0. The van der Waals surface area contributed by atoms with Gasteiger partial charge in [-0.2, -0.15) is 0 Å². The van der Waals surface area contributed by atoms with Crippen molar-refractivity contribution in [2.45, 2.75) is 13.8 Å². The van der Waals surface area contributed by atoms with E-state index in [0.717, 1.165) is 16.8 Å². The number of aliphatic imine (C=N–C) groups is 1. The van der Waals surface area contributed by atoms with E-state index in [0.29, 0.717) is 11.4 Å². The van der Waals surface area contributed by atoms with Gasteiger partial charge in [0.25, 0.3) is 5.91 Å². The van der Waals surface area contributed by atoms with Gasteiger partial charge >= 0.3 is 0 Å². The molecule has 3 aromatic rings. The molecule has 0 unspecified atom stereocenters. The van der Waals surface area contributed by atoms with Crippen LogP contribution in [0.4, 0.5) is 11.4 Å². The summed E-state index contributed by atoms with van der Waals surface area (Å²) in [6, 6.07) is 19.9. The molecule has 0 saturated heterocycles. The molecule has 5 heteroatoms. The summed E-state index contributed by atoms with van der Waals surface area (Å²) in [5, 5.41) is 12.6. The zero-order chi connectivity index (χ0) is 19.9. The number of anilines is 1. The summed E-state index contributed by atoms with van der Waals surface area (Å²) in [6.07, 6.45) is 1.64. The van der Waals surface area contributed by atoms with Crippen LogP contribution in [0.1, 0.15) is 16.7 Å². The molecule has 0 atom stereocenters. The fraction of sp³-hybridized carbons (Fsp3) is 0.130. The second-order valence-corrected chi connectivity index (χ2v) is 6.46. The minimum Gasteiger partial charge on any atom is -0.506 e. The molecule has 3 aromatic carbocycles. The van der Waals surface area contributed by atoms with E-state index in [2.05, 4.69) is 10.3 Å². The smallest absolute Gasteiger partial charge is 0.262 e. The highest BCUT2D eigenvalue weighted by atomic mass is 16.5. The summed E-state index contributed by atoms with van der Waals surface area (Å²) in [5.74, 6) is 0.460. The molecule has 1 amide bonds. The second kappa shape index (κ2) is 8.86. The molecule has 0 spiro atoms. The number of amides is 1. The molecule has 0 bridgehead atoms. The monoisotopic (exact) mass is 374 g/mol. The Labute approximate surface area is 164 Å². The van der Waals surface area contributed by atoms with Crippen molar-refractivity contribution >= 4 is 23.5 Å². The zero-order valence-corrected chi connectivity index (χ0v) is 15.8. The number of aryl methyl sites for hydroxylation is 2. The van der Waals surface area contributed by atoms with E-state index >= 15 is 0 Å². The molecule has 0 aliphatic heterocycles. The predicted molar refractivity (Wildman–Crippen MR) is 112 cm³/mol. The molecule has 28 heavy (non-hydrogen) atoms. The Morgan fingerprint density at radius 1 is 1.04 bits per heavy atom. The summed E-state index contributed by atoms with van der Waals surface area (Å²) in [6.45, 7) is 3.94. The van der Waals surface area contributed by atoms with Crippen molar-refractivity contribution in [3.8, 4) is 11.5 Å². The Morgan fingerprint density at radius 2 is 1.86 bits per heavy atom. The maximum Gasteiger partial charge on any atom is 0.262 e. The topological polar surface area (TPSA) is 70.9 Å². The van der Waals surface area contributed by atoms with Crippen LogP contribution in [-0.2, 0) is 4.79 Å². The summed E-state index contributed by atoms with van der Waals surface area (Å²) >= 11 is 0. The van der Waals surface area contributed by atoms with Crippen molar-refractivity contribution in [2.75, 3.05) is 11.9 Å². The predicted octanol–water partition coefficient (Wildman–Crippen LogP) is 4.78. The van der Waals surface area contributed by atoms with Gasteiger partial charge in [-0.3, -0.25) is 9.79 Å². The van der Waals surface area contributed by atoms with Crippen molar-refractivity contribution in [1.82, 2.24) is 0 Å². The lowest BCUT2D eigenvalue weighted by atomic mass is 10.1. The number of ether oxygens (including phenoxy) is 1. The Kier molecular flexibility index (Phi) is 6.07. The number of nitrogens with zero attached hydrogens (tertiary/aromatic N) is 1. The van der Waals surface area contributed by atoms with E-state index < -0.39 is 0 Å². The second-order valence-electron chi connectivity index (χ2n) is 6.46. The van der Waals surface area contributed by atoms with Crippen molar-refractivity contribution in [2.24, 2.45) is 4.99 Å².